The molecule has 0 aliphatic rings. The Hall–Kier alpha value is -3.46. The second-order valence-electron chi connectivity index (χ2n) is 6.35. The number of thioether (sulfide) groups is 1. The van der Waals surface area contributed by atoms with E-state index >= 15 is 0 Å². The zero-order chi connectivity index (χ0) is 21.0. The fraction of sp³-hybridized carbons (Fsp3) is 0.150. The average molecular weight is 410 g/mol. The molecule has 3 aromatic rings. The lowest BCUT2D eigenvalue weighted by molar-refractivity contribution is -0.384. The Kier molecular flexibility index (Phi) is 6.08. The topological polar surface area (TPSA) is 114 Å². The van der Waals surface area contributed by atoms with Crippen LogP contribution in [0.5, 0.6) is 0 Å². The van der Waals surface area contributed by atoms with Crippen molar-refractivity contribution in [2.75, 3.05) is 5.75 Å². The Morgan fingerprint density at radius 2 is 1.83 bits per heavy atom. The summed E-state index contributed by atoms with van der Waals surface area (Å²) in [7, 11) is 0. The Balaban J connectivity index is 1.58. The van der Waals surface area contributed by atoms with Crippen LogP contribution in [0.3, 0.4) is 0 Å². The third-order valence-corrected chi connectivity index (χ3v) is 5.12. The normalized spacial score (nSPS) is 10.6. The first-order chi connectivity index (χ1) is 13.8. The van der Waals surface area contributed by atoms with Crippen molar-refractivity contribution in [1.29, 1.82) is 0 Å². The highest BCUT2D eigenvalue weighted by Gasteiger charge is 2.13. The van der Waals surface area contributed by atoms with Gasteiger partial charge in [-0.15, -0.1) is 0 Å². The van der Waals surface area contributed by atoms with Gasteiger partial charge >= 0.3 is 0 Å². The van der Waals surface area contributed by atoms with Gasteiger partial charge in [0.2, 0.25) is 5.91 Å². The fourth-order valence-corrected chi connectivity index (χ4v) is 3.51. The maximum Gasteiger partial charge on any atom is 0.270 e. The number of nitro groups is 1. The van der Waals surface area contributed by atoms with E-state index in [4.69, 9.17) is 0 Å². The maximum absolute atomic E-state index is 12.1. The fourth-order valence-electron chi connectivity index (χ4n) is 2.74. The zero-order valence-corrected chi connectivity index (χ0v) is 16.6. The third-order valence-electron chi connectivity index (χ3n) is 4.21. The number of pyridine rings is 1. The summed E-state index contributed by atoms with van der Waals surface area (Å²) in [5.74, 6) is -1.00. The molecule has 0 unspecified atom stereocenters. The molecule has 2 amide bonds. The maximum atomic E-state index is 12.1. The van der Waals surface area contributed by atoms with Crippen LogP contribution in [0, 0.1) is 24.0 Å². The standard InChI is InChI=1S/C20H18N4O4S/c1-12-5-3-8-16-13(2)9-18(21-19(12)16)29-11-17(25)22-23-20(26)14-6-4-7-15(10-14)24(27)28/h3-10H,11H2,1-2H3,(H,22,25)(H,23,26). The van der Waals surface area contributed by atoms with Gasteiger partial charge in [-0.1, -0.05) is 36.0 Å². The molecule has 8 nitrogen and oxygen atoms in total. The molecule has 0 atom stereocenters. The predicted octanol–water partition coefficient (Wildman–Crippen LogP) is 3.31. The number of para-hydroxylation sites is 1. The van der Waals surface area contributed by atoms with Crippen LogP contribution >= 0.6 is 11.8 Å². The summed E-state index contributed by atoms with van der Waals surface area (Å²) in [4.78, 5) is 38.9. The van der Waals surface area contributed by atoms with Gasteiger partial charge < -0.3 is 0 Å². The molecule has 1 heterocycles. The third kappa shape index (κ3) is 4.88. The number of rotatable bonds is 5. The molecule has 0 aliphatic carbocycles. The van der Waals surface area contributed by atoms with E-state index in [1.807, 2.05) is 38.1 Å². The van der Waals surface area contributed by atoms with E-state index in [9.17, 15) is 19.7 Å². The first-order valence-corrected chi connectivity index (χ1v) is 9.67. The van der Waals surface area contributed by atoms with Crippen molar-refractivity contribution < 1.29 is 14.5 Å². The van der Waals surface area contributed by atoms with Crippen LogP contribution in [-0.2, 0) is 4.79 Å². The molecule has 3 rings (SSSR count). The second-order valence-corrected chi connectivity index (χ2v) is 7.34. The summed E-state index contributed by atoms with van der Waals surface area (Å²) in [5.41, 5.74) is 7.46. The smallest absolute Gasteiger partial charge is 0.270 e. The van der Waals surface area contributed by atoms with E-state index < -0.39 is 16.7 Å². The number of hydrogen-bond donors (Lipinski definition) is 2. The molecule has 0 spiro atoms. The Labute approximate surface area is 170 Å². The number of aryl methyl sites for hydroxylation is 2. The first-order valence-electron chi connectivity index (χ1n) is 8.68. The Morgan fingerprint density at radius 1 is 1.07 bits per heavy atom. The molecule has 1 aromatic heterocycles. The Bertz CT molecular complexity index is 1120. The molecule has 148 valence electrons. The summed E-state index contributed by atoms with van der Waals surface area (Å²) < 4.78 is 0. The van der Waals surface area contributed by atoms with Gasteiger partial charge in [-0.2, -0.15) is 0 Å². The van der Waals surface area contributed by atoms with Gasteiger partial charge in [0.1, 0.15) is 0 Å². The van der Waals surface area contributed by atoms with Gasteiger partial charge in [0.05, 0.1) is 21.2 Å². The van der Waals surface area contributed by atoms with Crippen molar-refractivity contribution in [3.05, 3.63) is 75.3 Å². The predicted molar refractivity (Wildman–Crippen MR) is 111 cm³/mol. The van der Waals surface area contributed by atoms with E-state index in [1.54, 1.807) is 0 Å². The summed E-state index contributed by atoms with van der Waals surface area (Å²) in [5, 5.41) is 12.6. The number of carbonyl (C=O) groups is 2. The molecule has 0 saturated heterocycles. The molecule has 2 N–H and O–H groups in total. The zero-order valence-electron chi connectivity index (χ0n) is 15.8. The molecule has 2 aromatic carbocycles. The molecule has 0 aliphatic heterocycles. The van der Waals surface area contributed by atoms with Crippen LogP contribution < -0.4 is 10.9 Å². The van der Waals surface area contributed by atoms with Gasteiger partial charge in [0.25, 0.3) is 11.6 Å². The second kappa shape index (κ2) is 8.70. The van der Waals surface area contributed by atoms with Crippen molar-refractivity contribution in [1.82, 2.24) is 15.8 Å². The summed E-state index contributed by atoms with van der Waals surface area (Å²) in [6, 6.07) is 13.1. The van der Waals surface area contributed by atoms with E-state index in [0.717, 1.165) is 28.1 Å². The number of aromatic nitrogens is 1. The van der Waals surface area contributed by atoms with Gasteiger partial charge in [-0.3, -0.25) is 30.6 Å². The summed E-state index contributed by atoms with van der Waals surface area (Å²) in [6.45, 7) is 3.98. The van der Waals surface area contributed by atoms with Crippen molar-refractivity contribution in [2.45, 2.75) is 18.9 Å². The lowest BCUT2D eigenvalue weighted by Crippen LogP contribution is -2.42. The highest BCUT2D eigenvalue weighted by Crippen LogP contribution is 2.25. The van der Waals surface area contributed by atoms with Crippen molar-refractivity contribution in [2.24, 2.45) is 0 Å². The van der Waals surface area contributed by atoms with Crippen LogP contribution in [0.1, 0.15) is 21.5 Å². The van der Waals surface area contributed by atoms with E-state index in [-0.39, 0.29) is 17.0 Å². The van der Waals surface area contributed by atoms with Crippen LogP contribution in [0.4, 0.5) is 5.69 Å². The molecule has 0 radical (unpaired) electrons. The van der Waals surface area contributed by atoms with Crippen molar-refractivity contribution in [3.8, 4) is 0 Å². The summed E-state index contributed by atoms with van der Waals surface area (Å²) >= 11 is 1.26. The number of carbonyl (C=O) groups excluding carboxylic acids is 2. The number of hydrazine groups is 1. The molecule has 0 saturated carbocycles. The van der Waals surface area contributed by atoms with Gasteiger partial charge in [-0.25, -0.2) is 4.98 Å². The SMILES string of the molecule is Cc1cc(SCC(=O)NNC(=O)c2cccc([N+](=O)[O-])c2)nc2c(C)cccc12. The Morgan fingerprint density at radius 3 is 2.59 bits per heavy atom. The van der Waals surface area contributed by atoms with Crippen LogP contribution in [0.2, 0.25) is 0 Å². The van der Waals surface area contributed by atoms with Gasteiger partial charge in [0.15, 0.2) is 0 Å². The number of non-ortho nitro benzene ring substituents is 1. The number of nitro benzene ring substituents is 1. The summed E-state index contributed by atoms with van der Waals surface area (Å²) in [6.07, 6.45) is 0. The van der Waals surface area contributed by atoms with Crippen LogP contribution in [0.25, 0.3) is 10.9 Å². The molecule has 9 heteroatoms. The van der Waals surface area contributed by atoms with E-state index in [2.05, 4.69) is 15.8 Å². The average Bonchev–Trinajstić information content (AvgIpc) is 2.71. The molecular formula is C20H18N4O4S. The highest BCUT2D eigenvalue weighted by molar-refractivity contribution is 7.99. The number of nitrogens with zero attached hydrogens (tertiary/aromatic N) is 2. The van der Waals surface area contributed by atoms with Gasteiger partial charge in [-0.05, 0) is 37.1 Å². The number of hydrogen-bond acceptors (Lipinski definition) is 6. The van der Waals surface area contributed by atoms with Crippen LogP contribution in [0.15, 0.2) is 53.6 Å². The van der Waals surface area contributed by atoms with Crippen molar-refractivity contribution in [3.63, 3.8) is 0 Å². The minimum absolute atomic E-state index is 0.0546. The molecular weight excluding hydrogens is 392 g/mol. The minimum atomic E-state index is -0.637. The number of amides is 2. The number of benzene rings is 2. The molecule has 0 bridgehead atoms. The van der Waals surface area contributed by atoms with E-state index in [1.165, 1.54) is 30.0 Å². The number of nitrogens with one attached hydrogen (secondary N) is 2. The van der Waals surface area contributed by atoms with Crippen LogP contribution in [-0.4, -0.2) is 27.5 Å². The number of fused-ring (bicyclic) bond motifs is 1. The molecule has 29 heavy (non-hydrogen) atoms. The van der Waals surface area contributed by atoms with E-state index in [0.29, 0.717) is 5.03 Å². The monoisotopic (exact) mass is 410 g/mol. The first kappa shape index (κ1) is 20.3. The van der Waals surface area contributed by atoms with Gasteiger partial charge in [0, 0.05) is 23.1 Å². The highest BCUT2D eigenvalue weighted by atomic mass is 32.2. The minimum Gasteiger partial charge on any atom is -0.272 e. The largest absolute Gasteiger partial charge is 0.272 e. The lowest BCUT2D eigenvalue weighted by Gasteiger charge is -2.09. The molecule has 0 fully saturated rings. The quantitative estimate of drug-likeness (QED) is 0.379. The van der Waals surface area contributed by atoms with Crippen molar-refractivity contribution >= 4 is 40.2 Å². The lowest BCUT2D eigenvalue weighted by atomic mass is 10.1.